The van der Waals surface area contributed by atoms with Gasteiger partial charge in [-0.1, -0.05) is 20.8 Å². The maximum atomic E-state index is 11.2. The first kappa shape index (κ1) is 9.56. The van der Waals surface area contributed by atoms with Crippen LogP contribution >= 0.6 is 0 Å². The molecule has 12 heavy (non-hydrogen) atoms. The summed E-state index contributed by atoms with van der Waals surface area (Å²) in [5, 5.41) is 2.90. The summed E-state index contributed by atoms with van der Waals surface area (Å²) < 4.78 is 0. The Labute approximate surface area is 74.7 Å². The van der Waals surface area contributed by atoms with Crippen LogP contribution in [0, 0.1) is 24.7 Å². The third-order valence-electron chi connectivity index (χ3n) is 2.53. The normalized spacial score (nSPS) is 29.5. The van der Waals surface area contributed by atoms with Gasteiger partial charge in [-0.15, -0.1) is 0 Å². The SMILES string of the molecule is [CH2]CC1C(=O)NCC1CC(C)C. The second-order valence-corrected chi connectivity index (χ2v) is 4.03. The molecule has 2 atom stereocenters. The molecule has 1 saturated heterocycles. The second kappa shape index (κ2) is 3.92. The number of carbonyl (C=O) groups excluding carboxylic acids is 1. The fraction of sp³-hybridized carbons (Fsp3) is 0.800. The molecule has 0 aromatic heterocycles. The van der Waals surface area contributed by atoms with E-state index < -0.39 is 0 Å². The Hall–Kier alpha value is -0.530. The summed E-state index contributed by atoms with van der Waals surface area (Å²) >= 11 is 0. The lowest BCUT2D eigenvalue weighted by Gasteiger charge is -2.16. The fourth-order valence-corrected chi connectivity index (χ4v) is 1.94. The van der Waals surface area contributed by atoms with Crippen molar-refractivity contribution < 1.29 is 4.79 Å². The molecule has 1 heterocycles. The van der Waals surface area contributed by atoms with Crippen LogP contribution in [-0.4, -0.2) is 12.5 Å². The van der Waals surface area contributed by atoms with E-state index >= 15 is 0 Å². The Morgan fingerprint density at radius 3 is 2.83 bits per heavy atom. The quantitative estimate of drug-likeness (QED) is 0.681. The highest BCUT2D eigenvalue weighted by Gasteiger charge is 2.32. The van der Waals surface area contributed by atoms with E-state index in [-0.39, 0.29) is 11.8 Å². The molecule has 69 valence electrons. The van der Waals surface area contributed by atoms with Gasteiger partial charge in [-0.05, 0) is 24.7 Å². The Balaban J connectivity index is 2.48. The summed E-state index contributed by atoms with van der Waals surface area (Å²) in [6.07, 6.45) is 1.88. The zero-order chi connectivity index (χ0) is 9.14. The van der Waals surface area contributed by atoms with Crippen LogP contribution < -0.4 is 5.32 Å². The van der Waals surface area contributed by atoms with E-state index in [1.165, 1.54) is 0 Å². The molecular weight excluding hydrogens is 150 g/mol. The molecule has 1 aliphatic heterocycles. The summed E-state index contributed by atoms with van der Waals surface area (Å²) in [7, 11) is 0. The van der Waals surface area contributed by atoms with E-state index in [9.17, 15) is 4.79 Å². The maximum Gasteiger partial charge on any atom is 0.223 e. The molecule has 0 bridgehead atoms. The van der Waals surface area contributed by atoms with Crippen LogP contribution in [0.2, 0.25) is 0 Å². The average Bonchev–Trinajstić information content (AvgIpc) is 2.30. The van der Waals surface area contributed by atoms with Gasteiger partial charge in [0.1, 0.15) is 0 Å². The Bertz CT molecular complexity index is 165. The van der Waals surface area contributed by atoms with Crippen molar-refractivity contribution in [3.8, 4) is 0 Å². The molecule has 1 radical (unpaired) electrons. The zero-order valence-electron chi connectivity index (χ0n) is 7.97. The molecule has 2 nitrogen and oxygen atoms in total. The highest BCUT2D eigenvalue weighted by Crippen LogP contribution is 2.26. The third kappa shape index (κ3) is 1.99. The van der Waals surface area contributed by atoms with E-state index in [1.54, 1.807) is 0 Å². The van der Waals surface area contributed by atoms with Crippen LogP contribution in [-0.2, 0) is 4.79 Å². The molecule has 1 fully saturated rings. The number of amides is 1. The first-order chi connectivity index (χ1) is 5.65. The number of rotatable bonds is 3. The smallest absolute Gasteiger partial charge is 0.223 e. The van der Waals surface area contributed by atoms with E-state index in [0.717, 1.165) is 19.4 Å². The predicted octanol–water partition coefficient (Wildman–Crippen LogP) is 1.62. The average molecular weight is 168 g/mol. The Morgan fingerprint density at radius 1 is 1.67 bits per heavy atom. The lowest BCUT2D eigenvalue weighted by molar-refractivity contribution is -0.122. The van der Waals surface area contributed by atoms with Gasteiger partial charge in [0.25, 0.3) is 0 Å². The van der Waals surface area contributed by atoms with Crippen LogP contribution in [0.4, 0.5) is 0 Å². The highest BCUT2D eigenvalue weighted by atomic mass is 16.2. The van der Waals surface area contributed by atoms with E-state index in [1.807, 2.05) is 0 Å². The topological polar surface area (TPSA) is 29.1 Å². The summed E-state index contributed by atoms with van der Waals surface area (Å²) in [6, 6.07) is 0. The standard InChI is InChI=1S/C10H18NO/c1-4-9-8(5-7(2)3)6-11-10(9)12/h7-9H,1,4-6H2,2-3H3,(H,11,12). The lowest BCUT2D eigenvalue weighted by Crippen LogP contribution is -2.19. The van der Waals surface area contributed by atoms with Gasteiger partial charge in [-0.3, -0.25) is 4.79 Å². The molecular formula is C10H18NO. The van der Waals surface area contributed by atoms with E-state index in [2.05, 4.69) is 26.1 Å². The molecule has 2 unspecified atom stereocenters. The van der Waals surface area contributed by atoms with Crippen LogP contribution in [0.3, 0.4) is 0 Å². The molecule has 0 aromatic rings. The third-order valence-corrected chi connectivity index (χ3v) is 2.53. The molecule has 1 rings (SSSR count). The molecule has 0 spiro atoms. The van der Waals surface area contributed by atoms with Crippen molar-refractivity contribution >= 4 is 5.91 Å². The summed E-state index contributed by atoms with van der Waals surface area (Å²) in [5.74, 6) is 1.58. The van der Waals surface area contributed by atoms with Crippen molar-refractivity contribution in [3.63, 3.8) is 0 Å². The summed E-state index contributed by atoms with van der Waals surface area (Å²) in [4.78, 5) is 11.2. The molecule has 1 N–H and O–H groups in total. The number of hydrogen-bond acceptors (Lipinski definition) is 1. The fourth-order valence-electron chi connectivity index (χ4n) is 1.94. The van der Waals surface area contributed by atoms with Crippen molar-refractivity contribution in [1.82, 2.24) is 5.32 Å². The maximum absolute atomic E-state index is 11.2. The minimum Gasteiger partial charge on any atom is -0.356 e. The molecule has 0 aliphatic carbocycles. The zero-order valence-corrected chi connectivity index (χ0v) is 7.97. The van der Waals surface area contributed by atoms with Gasteiger partial charge < -0.3 is 5.32 Å². The lowest BCUT2D eigenvalue weighted by atomic mass is 9.86. The van der Waals surface area contributed by atoms with Crippen molar-refractivity contribution in [2.75, 3.05) is 6.54 Å². The van der Waals surface area contributed by atoms with Crippen molar-refractivity contribution in [2.45, 2.75) is 26.7 Å². The Morgan fingerprint density at radius 2 is 2.33 bits per heavy atom. The number of nitrogens with one attached hydrogen (secondary N) is 1. The van der Waals surface area contributed by atoms with E-state index in [0.29, 0.717) is 11.8 Å². The van der Waals surface area contributed by atoms with E-state index in [4.69, 9.17) is 0 Å². The minimum absolute atomic E-state index is 0.174. The predicted molar refractivity (Wildman–Crippen MR) is 49.4 cm³/mol. The largest absolute Gasteiger partial charge is 0.356 e. The molecule has 0 saturated carbocycles. The van der Waals surface area contributed by atoms with Gasteiger partial charge in [0, 0.05) is 12.5 Å². The summed E-state index contributed by atoms with van der Waals surface area (Å²) in [6.45, 7) is 9.07. The van der Waals surface area contributed by atoms with Crippen LogP contribution in [0.15, 0.2) is 0 Å². The first-order valence-corrected chi connectivity index (χ1v) is 4.72. The Kier molecular flexibility index (Phi) is 3.12. The van der Waals surface area contributed by atoms with Gasteiger partial charge in [0.05, 0.1) is 0 Å². The highest BCUT2D eigenvalue weighted by molar-refractivity contribution is 5.81. The van der Waals surface area contributed by atoms with Gasteiger partial charge in [0.2, 0.25) is 5.91 Å². The van der Waals surface area contributed by atoms with Crippen molar-refractivity contribution in [2.24, 2.45) is 17.8 Å². The molecule has 1 aliphatic rings. The van der Waals surface area contributed by atoms with Crippen LogP contribution in [0.1, 0.15) is 26.7 Å². The monoisotopic (exact) mass is 168 g/mol. The van der Waals surface area contributed by atoms with Crippen molar-refractivity contribution in [1.29, 1.82) is 0 Å². The van der Waals surface area contributed by atoms with Gasteiger partial charge in [-0.25, -0.2) is 0 Å². The number of carbonyl (C=O) groups is 1. The molecule has 1 amide bonds. The van der Waals surface area contributed by atoms with Gasteiger partial charge in [0.15, 0.2) is 0 Å². The van der Waals surface area contributed by atoms with Gasteiger partial charge in [-0.2, -0.15) is 0 Å². The second-order valence-electron chi connectivity index (χ2n) is 4.03. The molecule has 0 aromatic carbocycles. The van der Waals surface area contributed by atoms with Gasteiger partial charge >= 0.3 is 0 Å². The van der Waals surface area contributed by atoms with Crippen molar-refractivity contribution in [3.05, 3.63) is 6.92 Å². The van der Waals surface area contributed by atoms with Crippen LogP contribution in [0.25, 0.3) is 0 Å². The number of hydrogen-bond donors (Lipinski definition) is 1. The first-order valence-electron chi connectivity index (χ1n) is 4.72. The molecule has 2 heteroatoms. The van der Waals surface area contributed by atoms with Crippen LogP contribution in [0.5, 0.6) is 0 Å². The summed E-state index contributed by atoms with van der Waals surface area (Å²) in [5.41, 5.74) is 0. The minimum atomic E-state index is 0.174.